The number of carboxylic acid groups (broad SMARTS) is 1. The van der Waals surface area contributed by atoms with Crippen molar-refractivity contribution in [2.45, 2.75) is 19.5 Å². The molecule has 0 saturated carbocycles. The van der Waals surface area contributed by atoms with Crippen LogP contribution in [0, 0.1) is 0 Å². The zero-order chi connectivity index (χ0) is 29.6. The number of aromatic nitrogens is 4. The second-order valence-electron chi connectivity index (χ2n) is 9.15. The first kappa shape index (κ1) is 29.2. The van der Waals surface area contributed by atoms with Crippen LogP contribution >= 0.6 is 7.52 Å². The fourth-order valence-electron chi connectivity index (χ4n) is 3.82. The number of nitrogen functional groups attached to an aromatic ring is 2. The molecule has 1 unspecified atom stereocenters. The van der Waals surface area contributed by atoms with E-state index in [1.807, 2.05) is 11.9 Å². The Bertz CT molecular complexity index is 1590. The van der Waals surface area contributed by atoms with Crippen molar-refractivity contribution in [3.8, 4) is 5.75 Å². The number of aliphatic carboxylic acids is 1. The molecule has 0 saturated heterocycles. The van der Waals surface area contributed by atoms with Gasteiger partial charge in [-0.25, -0.2) is 15.1 Å². The second kappa shape index (κ2) is 12.6. The van der Waals surface area contributed by atoms with Crippen molar-refractivity contribution < 1.29 is 23.8 Å². The lowest BCUT2D eigenvalue weighted by atomic mass is 10.2. The number of nitrogens with one attached hydrogen (secondary N) is 2. The summed E-state index contributed by atoms with van der Waals surface area (Å²) >= 11 is 0. The van der Waals surface area contributed by atoms with Gasteiger partial charge in [0, 0.05) is 24.8 Å². The standard InChI is InChI=1S/C26H30N9O5P/c1-16(25(37)38)34-41(39,40-20-6-4-3-5-7-20)13-12-29-24(36)17-8-10-19(11-9-17)35(2)15-18-14-30-23-21(31-18)22(27)32-26(28)33-23/h3-11,14,16H,12-13,15H2,1-2H3,(H,29,36)(H,34,39)(H,37,38)(H4,27,28,30,32,33)/t16-,41?/m0/s1. The predicted molar refractivity (Wildman–Crippen MR) is 155 cm³/mol. The van der Waals surface area contributed by atoms with E-state index in [4.69, 9.17) is 16.0 Å². The number of carboxylic acids is 1. The normalized spacial score (nSPS) is 13.2. The minimum Gasteiger partial charge on any atom is -0.480 e. The molecule has 2 aromatic heterocycles. The Morgan fingerprint density at radius 2 is 1.78 bits per heavy atom. The maximum atomic E-state index is 13.4. The molecule has 1 amide bonds. The fraction of sp³-hybridized carbons (Fsp3) is 0.231. The Kier molecular flexibility index (Phi) is 8.95. The van der Waals surface area contributed by atoms with Gasteiger partial charge >= 0.3 is 13.5 Å². The third-order valence-corrected chi connectivity index (χ3v) is 8.02. The van der Waals surface area contributed by atoms with Gasteiger partial charge in [-0.2, -0.15) is 9.97 Å². The van der Waals surface area contributed by atoms with E-state index < -0.39 is 19.5 Å². The van der Waals surface area contributed by atoms with Gasteiger partial charge in [0.2, 0.25) is 5.95 Å². The number of fused-ring (bicyclic) bond motifs is 1. The Balaban J connectivity index is 1.36. The van der Waals surface area contributed by atoms with Crippen molar-refractivity contribution in [2.75, 3.05) is 36.1 Å². The van der Waals surface area contributed by atoms with E-state index in [2.05, 4.69) is 30.3 Å². The highest BCUT2D eigenvalue weighted by molar-refractivity contribution is 7.57. The lowest BCUT2D eigenvalue weighted by molar-refractivity contribution is -0.138. The van der Waals surface area contributed by atoms with E-state index in [1.54, 1.807) is 60.8 Å². The zero-order valence-electron chi connectivity index (χ0n) is 22.4. The number of hydrogen-bond acceptors (Lipinski definition) is 11. The zero-order valence-corrected chi connectivity index (χ0v) is 23.3. The summed E-state index contributed by atoms with van der Waals surface area (Å²) in [6.45, 7) is 1.76. The molecule has 7 N–H and O–H groups in total. The summed E-state index contributed by atoms with van der Waals surface area (Å²) in [5, 5.41) is 14.5. The molecule has 2 aromatic carbocycles. The van der Waals surface area contributed by atoms with Crippen LogP contribution < -0.4 is 31.3 Å². The molecule has 0 bridgehead atoms. The van der Waals surface area contributed by atoms with Crippen LogP contribution in [0.5, 0.6) is 5.75 Å². The van der Waals surface area contributed by atoms with Gasteiger partial charge in [-0.1, -0.05) is 18.2 Å². The minimum absolute atomic E-state index is 0.0108. The molecule has 2 atom stereocenters. The van der Waals surface area contributed by atoms with E-state index in [9.17, 15) is 19.3 Å². The first-order valence-electron chi connectivity index (χ1n) is 12.5. The maximum Gasteiger partial charge on any atom is 0.320 e. The monoisotopic (exact) mass is 579 g/mol. The minimum atomic E-state index is -3.66. The molecule has 0 aliphatic heterocycles. The average Bonchev–Trinajstić information content (AvgIpc) is 2.93. The van der Waals surface area contributed by atoms with Gasteiger partial charge in [0.05, 0.1) is 24.6 Å². The van der Waals surface area contributed by atoms with Crippen LogP contribution in [-0.2, 0) is 15.9 Å². The van der Waals surface area contributed by atoms with E-state index >= 15 is 0 Å². The number of carbonyl (C=O) groups excluding carboxylic acids is 1. The molecule has 4 aromatic rings. The lowest BCUT2D eigenvalue weighted by Gasteiger charge is -2.23. The molecule has 41 heavy (non-hydrogen) atoms. The first-order valence-corrected chi connectivity index (χ1v) is 14.3. The number of benzene rings is 2. The van der Waals surface area contributed by atoms with Crippen LogP contribution in [0.2, 0.25) is 0 Å². The van der Waals surface area contributed by atoms with Crippen LogP contribution in [-0.4, -0.2) is 62.7 Å². The summed E-state index contributed by atoms with van der Waals surface area (Å²) in [5.74, 6) is -1.06. The van der Waals surface area contributed by atoms with Crippen LogP contribution in [0.4, 0.5) is 17.5 Å². The Morgan fingerprint density at radius 3 is 2.46 bits per heavy atom. The van der Waals surface area contributed by atoms with Gasteiger partial charge in [-0.05, 0) is 43.3 Å². The van der Waals surface area contributed by atoms with Gasteiger partial charge in [0.15, 0.2) is 17.0 Å². The number of carbonyl (C=O) groups is 2. The predicted octanol–water partition coefficient (Wildman–Crippen LogP) is 2.29. The Hall–Kier alpha value is -4.81. The molecule has 2 heterocycles. The number of hydrogen-bond donors (Lipinski definition) is 5. The van der Waals surface area contributed by atoms with E-state index in [0.29, 0.717) is 34.7 Å². The Morgan fingerprint density at radius 1 is 1.07 bits per heavy atom. The quantitative estimate of drug-likeness (QED) is 0.153. The molecule has 0 fully saturated rings. The number of nitrogens with zero attached hydrogens (tertiary/aromatic N) is 5. The van der Waals surface area contributed by atoms with E-state index in [1.165, 1.54) is 6.92 Å². The van der Waals surface area contributed by atoms with Crippen molar-refractivity contribution >= 4 is 48.0 Å². The summed E-state index contributed by atoms with van der Waals surface area (Å²) in [6, 6.07) is 14.2. The molecular weight excluding hydrogens is 549 g/mol. The molecule has 0 aliphatic rings. The highest BCUT2D eigenvalue weighted by atomic mass is 31.2. The maximum absolute atomic E-state index is 13.4. The molecule has 4 rings (SSSR count). The summed E-state index contributed by atoms with van der Waals surface area (Å²) in [6.07, 6.45) is 1.46. The molecule has 15 heteroatoms. The highest BCUT2D eigenvalue weighted by Crippen LogP contribution is 2.43. The van der Waals surface area contributed by atoms with Gasteiger partial charge < -0.3 is 31.3 Å². The summed E-state index contributed by atoms with van der Waals surface area (Å²) < 4.78 is 19.0. The molecule has 0 spiro atoms. The van der Waals surface area contributed by atoms with Crippen LogP contribution in [0.1, 0.15) is 23.0 Å². The summed E-state index contributed by atoms with van der Waals surface area (Å²) in [7, 11) is -1.80. The molecule has 14 nitrogen and oxygen atoms in total. The second-order valence-corrected chi connectivity index (χ2v) is 11.4. The van der Waals surface area contributed by atoms with Crippen molar-refractivity contribution in [3.63, 3.8) is 0 Å². The molecular formula is C26H30N9O5P. The first-order chi connectivity index (χ1) is 19.5. The van der Waals surface area contributed by atoms with Gasteiger partial charge in [-0.15, -0.1) is 0 Å². The van der Waals surface area contributed by atoms with Crippen molar-refractivity contribution in [1.82, 2.24) is 30.3 Å². The number of para-hydroxylation sites is 1. The van der Waals surface area contributed by atoms with Gasteiger partial charge in [0.25, 0.3) is 5.91 Å². The largest absolute Gasteiger partial charge is 0.480 e. The number of amides is 1. The topological polar surface area (TPSA) is 212 Å². The SMILES string of the molecule is C[C@H](NP(=O)(CCNC(=O)c1ccc(N(C)Cc2cnc3nc(N)nc(N)c3n2)cc1)Oc1ccccc1)C(=O)O. The smallest absolute Gasteiger partial charge is 0.320 e. The number of anilines is 3. The van der Waals surface area contributed by atoms with Crippen molar-refractivity contribution in [2.24, 2.45) is 0 Å². The lowest BCUT2D eigenvalue weighted by Crippen LogP contribution is -2.36. The summed E-state index contributed by atoms with van der Waals surface area (Å²) in [5.41, 5.74) is 14.0. The average molecular weight is 580 g/mol. The van der Waals surface area contributed by atoms with Crippen LogP contribution in [0.15, 0.2) is 60.8 Å². The molecule has 0 radical (unpaired) electrons. The number of rotatable bonds is 12. The van der Waals surface area contributed by atoms with Crippen LogP contribution in [0.25, 0.3) is 11.2 Å². The third kappa shape index (κ3) is 7.65. The van der Waals surface area contributed by atoms with Gasteiger partial charge in [-0.3, -0.25) is 14.2 Å². The number of nitrogens with two attached hydrogens (primary N) is 2. The highest BCUT2D eigenvalue weighted by Gasteiger charge is 2.29. The molecule has 0 aliphatic carbocycles. The van der Waals surface area contributed by atoms with Crippen molar-refractivity contribution in [3.05, 3.63) is 72.1 Å². The Labute approximate surface area is 235 Å². The van der Waals surface area contributed by atoms with Gasteiger partial charge in [0.1, 0.15) is 11.8 Å². The summed E-state index contributed by atoms with van der Waals surface area (Å²) in [4.78, 5) is 42.7. The third-order valence-electron chi connectivity index (χ3n) is 5.92. The van der Waals surface area contributed by atoms with Crippen LogP contribution in [0.3, 0.4) is 0 Å². The molecule has 214 valence electrons. The van der Waals surface area contributed by atoms with E-state index in [0.717, 1.165) is 5.69 Å². The fourth-order valence-corrected chi connectivity index (χ4v) is 5.66. The van der Waals surface area contributed by atoms with Crippen molar-refractivity contribution in [1.29, 1.82) is 0 Å². The van der Waals surface area contributed by atoms with E-state index in [-0.39, 0.29) is 30.4 Å².